The number of amides is 1. The third-order valence-corrected chi connectivity index (χ3v) is 4.41. The fourth-order valence-corrected chi connectivity index (χ4v) is 3.00. The summed E-state index contributed by atoms with van der Waals surface area (Å²) in [5.41, 5.74) is 1.11. The van der Waals surface area contributed by atoms with E-state index in [1.807, 2.05) is 44.2 Å². The van der Waals surface area contributed by atoms with Crippen LogP contribution in [0, 0.1) is 0 Å². The van der Waals surface area contributed by atoms with Gasteiger partial charge in [-0.05, 0) is 31.0 Å². The summed E-state index contributed by atoms with van der Waals surface area (Å²) in [7, 11) is 1.31. The summed E-state index contributed by atoms with van der Waals surface area (Å²) in [4.78, 5) is 24.7. The molecular formula is C22H26ClNO5. The Bertz CT molecular complexity index is 825. The van der Waals surface area contributed by atoms with Gasteiger partial charge in [0, 0.05) is 5.56 Å². The Morgan fingerprint density at radius 2 is 1.83 bits per heavy atom. The first kappa shape index (κ1) is 22.6. The van der Waals surface area contributed by atoms with Gasteiger partial charge in [-0.1, -0.05) is 48.9 Å². The van der Waals surface area contributed by atoms with E-state index in [1.165, 1.54) is 13.2 Å². The molecule has 29 heavy (non-hydrogen) atoms. The Morgan fingerprint density at radius 1 is 1.10 bits per heavy atom. The summed E-state index contributed by atoms with van der Waals surface area (Å²) in [5, 5.41) is 3.17. The van der Waals surface area contributed by atoms with Crippen LogP contribution in [0.2, 0.25) is 5.02 Å². The molecule has 156 valence electrons. The van der Waals surface area contributed by atoms with Gasteiger partial charge >= 0.3 is 5.97 Å². The number of rotatable bonds is 10. The highest BCUT2D eigenvalue weighted by Crippen LogP contribution is 2.37. The molecule has 1 unspecified atom stereocenters. The maximum absolute atomic E-state index is 12.9. The fourth-order valence-electron chi connectivity index (χ4n) is 2.74. The number of hydrogen-bond donors (Lipinski definition) is 1. The molecule has 0 bridgehead atoms. The van der Waals surface area contributed by atoms with Crippen molar-refractivity contribution in [3.8, 4) is 11.5 Å². The lowest BCUT2D eigenvalue weighted by molar-refractivity contribution is -0.141. The van der Waals surface area contributed by atoms with Crippen molar-refractivity contribution in [1.29, 1.82) is 0 Å². The molecule has 0 aliphatic carbocycles. The third-order valence-electron chi connectivity index (χ3n) is 4.13. The lowest BCUT2D eigenvalue weighted by Crippen LogP contribution is -2.30. The van der Waals surface area contributed by atoms with Gasteiger partial charge in [-0.25, -0.2) is 0 Å². The molecule has 2 aromatic rings. The van der Waals surface area contributed by atoms with Crippen LogP contribution in [0.25, 0.3) is 0 Å². The van der Waals surface area contributed by atoms with E-state index in [0.29, 0.717) is 35.3 Å². The molecule has 6 nitrogen and oxygen atoms in total. The molecule has 0 aliphatic rings. The van der Waals surface area contributed by atoms with Gasteiger partial charge < -0.3 is 19.5 Å². The Hall–Kier alpha value is -2.73. The van der Waals surface area contributed by atoms with Gasteiger partial charge in [0.05, 0.1) is 37.8 Å². The summed E-state index contributed by atoms with van der Waals surface area (Å²) in [6.07, 6.45) is 0.826. The minimum Gasteiger partial charge on any atom is -0.490 e. The molecule has 0 spiro atoms. The molecule has 1 N–H and O–H groups in total. The van der Waals surface area contributed by atoms with Crippen LogP contribution in [0.15, 0.2) is 42.5 Å². The Kier molecular flexibility index (Phi) is 8.80. The van der Waals surface area contributed by atoms with E-state index < -0.39 is 12.0 Å². The first-order chi connectivity index (χ1) is 14.0. The highest BCUT2D eigenvalue weighted by atomic mass is 35.5. The zero-order chi connectivity index (χ0) is 21.2. The van der Waals surface area contributed by atoms with Crippen LogP contribution in [0.5, 0.6) is 11.5 Å². The van der Waals surface area contributed by atoms with E-state index in [9.17, 15) is 9.59 Å². The zero-order valence-corrected chi connectivity index (χ0v) is 17.6. The number of hydrogen-bond acceptors (Lipinski definition) is 5. The molecular weight excluding hydrogens is 394 g/mol. The number of carbonyl (C=O) groups excluding carboxylic acids is 2. The monoisotopic (exact) mass is 419 g/mol. The normalized spacial score (nSPS) is 11.4. The SMILES string of the molecule is CCCOc1c(Cl)cc(C(=O)NC(CC(=O)OC)c2ccccc2)cc1OCC. The van der Waals surface area contributed by atoms with Gasteiger partial charge in [0.1, 0.15) is 0 Å². The van der Waals surface area contributed by atoms with E-state index in [0.717, 1.165) is 12.0 Å². The largest absolute Gasteiger partial charge is 0.490 e. The van der Waals surface area contributed by atoms with Gasteiger partial charge in [0.2, 0.25) is 0 Å². The molecule has 2 rings (SSSR count). The number of ether oxygens (including phenoxy) is 3. The second-order valence-corrected chi connectivity index (χ2v) is 6.69. The summed E-state index contributed by atoms with van der Waals surface area (Å²) >= 11 is 6.35. The molecule has 0 saturated heterocycles. The average molecular weight is 420 g/mol. The number of benzene rings is 2. The van der Waals surface area contributed by atoms with Crippen molar-refractivity contribution in [1.82, 2.24) is 5.32 Å². The minimum absolute atomic E-state index is 0.00992. The van der Waals surface area contributed by atoms with Crippen LogP contribution in [0.1, 0.15) is 48.7 Å². The minimum atomic E-state index is -0.540. The van der Waals surface area contributed by atoms with Crippen LogP contribution < -0.4 is 14.8 Å². The van der Waals surface area contributed by atoms with E-state index >= 15 is 0 Å². The molecule has 1 amide bonds. The Morgan fingerprint density at radius 3 is 2.45 bits per heavy atom. The van der Waals surface area contributed by atoms with Crippen molar-refractivity contribution in [3.05, 3.63) is 58.6 Å². The Balaban J connectivity index is 2.29. The van der Waals surface area contributed by atoms with Crippen molar-refractivity contribution in [2.24, 2.45) is 0 Å². The van der Waals surface area contributed by atoms with Crippen LogP contribution in [0.3, 0.4) is 0 Å². The molecule has 7 heteroatoms. The smallest absolute Gasteiger partial charge is 0.307 e. The molecule has 2 aromatic carbocycles. The van der Waals surface area contributed by atoms with Crippen LogP contribution in [0.4, 0.5) is 0 Å². The van der Waals surface area contributed by atoms with Gasteiger partial charge in [-0.15, -0.1) is 0 Å². The summed E-state index contributed by atoms with van der Waals surface area (Å²) in [6.45, 7) is 4.71. The van der Waals surface area contributed by atoms with Crippen molar-refractivity contribution in [2.45, 2.75) is 32.7 Å². The quantitative estimate of drug-likeness (QED) is 0.571. The van der Waals surface area contributed by atoms with E-state index in [-0.39, 0.29) is 12.3 Å². The third kappa shape index (κ3) is 6.39. The number of methoxy groups -OCH3 is 1. The van der Waals surface area contributed by atoms with Gasteiger partial charge in [-0.2, -0.15) is 0 Å². The predicted molar refractivity (Wildman–Crippen MR) is 112 cm³/mol. The molecule has 0 radical (unpaired) electrons. The van der Waals surface area contributed by atoms with E-state index in [4.69, 9.17) is 25.8 Å². The van der Waals surface area contributed by atoms with Crippen LogP contribution in [-0.4, -0.2) is 32.2 Å². The lowest BCUT2D eigenvalue weighted by Gasteiger charge is -2.19. The summed E-state index contributed by atoms with van der Waals surface area (Å²) in [5.74, 6) is 0.0204. The number of esters is 1. The van der Waals surface area contributed by atoms with Crippen molar-refractivity contribution >= 4 is 23.5 Å². The topological polar surface area (TPSA) is 73.9 Å². The molecule has 0 aliphatic heterocycles. The number of nitrogens with one attached hydrogen (secondary N) is 1. The lowest BCUT2D eigenvalue weighted by atomic mass is 10.0. The van der Waals surface area contributed by atoms with Gasteiger partial charge in [-0.3, -0.25) is 9.59 Å². The fraction of sp³-hybridized carbons (Fsp3) is 0.364. The van der Waals surface area contributed by atoms with Crippen LogP contribution >= 0.6 is 11.6 Å². The van der Waals surface area contributed by atoms with Crippen molar-refractivity contribution in [2.75, 3.05) is 20.3 Å². The molecule has 0 heterocycles. The first-order valence-electron chi connectivity index (χ1n) is 9.51. The first-order valence-corrected chi connectivity index (χ1v) is 9.89. The Labute approximate surface area is 176 Å². The van der Waals surface area contributed by atoms with Gasteiger partial charge in [0.25, 0.3) is 5.91 Å². The highest BCUT2D eigenvalue weighted by Gasteiger charge is 2.22. The van der Waals surface area contributed by atoms with Crippen molar-refractivity contribution < 1.29 is 23.8 Å². The summed E-state index contributed by atoms with van der Waals surface area (Å²) < 4.78 is 16.1. The number of carbonyl (C=O) groups is 2. The molecule has 0 saturated carbocycles. The maximum atomic E-state index is 12.9. The number of halogens is 1. The standard InChI is InChI=1S/C22H26ClNO5/c1-4-11-29-21-17(23)12-16(13-19(21)28-5-2)22(26)24-18(14-20(25)27-3)15-9-7-6-8-10-15/h6-10,12-13,18H,4-5,11,14H2,1-3H3,(H,24,26). The van der Waals surface area contributed by atoms with Crippen LogP contribution in [-0.2, 0) is 9.53 Å². The highest BCUT2D eigenvalue weighted by molar-refractivity contribution is 6.32. The second-order valence-electron chi connectivity index (χ2n) is 6.28. The van der Waals surface area contributed by atoms with Crippen molar-refractivity contribution in [3.63, 3.8) is 0 Å². The van der Waals surface area contributed by atoms with E-state index in [2.05, 4.69) is 5.32 Å². The second kappa shape index (κ2) is 11.3. The average Bonchev–Trinajstić information content (AvgIpc) is 2.73. The molecule has 0 fully saturated rings. The predicted octanol–water partition coefficient (Wildman–Crippen LogP) is 4.56. The maximum Gasteiger partial charge on any atom is 0.307 e. The zero-order valence-electron chi connectivity index (χ0n) is 16.9. The van der Waals surface area contributed by atoms with E-state index in [1.54, 1.807) is 6.07 Å². The molecule has 0 aromatic heterocycles. The summed E-state index contributed by atoms with van der Waals surface area (Å²) in [6, 6.07) is 11.8. The van der Waals surface area contributed by atoms with Gasteiger partial charge in [0.15, 0.2) is 11.5 Å². The molecule has 1 atom stereocenters.